The minimum atomic E-state index is -0.222. The summed E-state index contributed by atoms with van der Waals surface area (Å²) in [4.78, 5) is 26.3. The molecule has 2 aromatic carbocycles. The zero-order chi connectivity index (χ0) is 21.8. The van der Waals surface area contributed by atoms with Crippen LogP contribution in [0.5, 0.6) is 5.75 Å². The van der Waals surface area contributed by atoms with Gasteiger partial charge < -0.3 is 19.4 Å². The molecule has 0 aliphatic carbocycles. The van der Waals surface area contributed by atoms with Crippen LogP contribution in [-0.4, -0.2) is 29.9 Å². The molecule has 160 valence electrons. The number of anilines is 1. The van der Waals surface area contributed by atoms with E-state index in [-0.39, 0.29) is 24.3 Å². The number of amides is 2. The first-order valence-electron chi connectivity index (χ1n) is 10.5. The quantitative estimate of drug-likeness (QED) is 0.640. The molecular weight excluding hydrogens is 392 g/mol. The molecular formula is C25H26N2O4. The van der Waals surface area contributed by atoms with Gasteiger partial charge in [-0.05, 0) is 42.5 Å². The number of rotatable bonds is 6. The van der Waals surface area contributed by atoms with Crippen LogP contribution < -0.4 is 10.1 Å². The second-order valence-electron chi connectivity index (χ2n) is 7.95. The SMILES string of the molecule is CC(C)C(=O)N1CCc2oc(-c3ccc(NC(=O)COc4ccccc4)cc3)cc2C1. The molecule has 2 heterocycles. The first kappa shape index (κ1) is 20.7. The largest absolute Gasteiger partial charge is 0.484 e. The molecule has 2 amide bonds. The lowest BCUT2D eigenvalue weighted by molar-refractivity contribution is -0.135. The van der Waals surface area contributed by atoms with Crippen LogP contribution in [0, 0.1) is 5.92 Å². The van der Waals surface area contributed by atoms with Crippen molar-refractivity contribution in [2.45, 2.75) is 26.8 Å². The average Bonchev–Trinajstić information content (AvgIpc) is 3.21. The fourth-order valence-corrected chi connectivity index (χ4v) is 3.61. The Hall–Kier alpha value is -3.54. The summed E-state index contributed by atoms with van der Waals surface area (Å²) in [7, 11) is 0. The number of fused-ring (bicyclic) bond motifs is 1. The van der Waals surface area contributed by atoms with Gasteiger partial charge in [0, 0.05) is 42.2 Å². The van der Waals surface area contributed by atoms with Crippen LogP contribution in [0.15, 0.2) is 65.1 Å². The van der Waals surface area contributed by atoms with Crippen molar-refractivity contribution in [3.05, 3.63) is 72.0 Å². The van der Waals surface area contributed by atoms with Gasteiger partial charge in [0.15, 0.2) is 6.61 Å². The van der Waals surface area contributed by atoms with E-state index in [0.717, 1.165) is 29.1 Å². The summed E-state index contributed by atoms with van der Waals surface area (Å²) in [6, 6.07) is 18.7. The number of ether oxygens (including phenoxy) is 1. The first-order valence-corrected chi connectivity index (χ1v) is 10.5. The summed E-state index contributed by atoms with van der Waals surface area (Å²) in [6.45, 7) is 5.07. The number of hydrogen-bond donors (Lipinski definition) is 1. The number of benzene rings is 2. The predicted octanol–water partition coefficient (Wildman–Crippen LogP) is 4.50. The molecule has 4 rings (SSSR count). The highest BCUT2D eigenvalue weighted by molar-refractivity contribution is 5.92. The molecule has 0 bridgehead atoms. The molecule has 1 N–H and O–H groups in total. The summed E-state index contributed by atoms with van der Waals surface area (Å²) in [6.07, 6.45) is 0.726. The van der Waals surface area contributed by atoms with Crippen LogP contribution in [0.2, 0.25) is 0 Å². The number of para-hydroxylation sites is 1. The molecule has 0 unspecified atom stereocenters. The van der Waals surface area contributed by atoms with Crippen LogP contribution in [0.4, 0.5) is 5.69 Å². The standard InChI is InChI=1S/C25H26N2O4/c1-17(2)25(29)27-13-12-22-19(15-27)14-23(31-22)18-8-10-20(11-9-18)26-24(28)16-30-21-6-4-3-5-7-21/h3-11,14,17H,12-13,15-16H2,1-2H3,(H,26,28). The minimum absolute atomic E-state index is 0.00577. The molecule has 1 aromatic heterocycles. The van der Waals surface area contributed by atoms with E-state index in [1.54, 1.807) is 0 Å². The summed E-state index contributed by atoms with van der Waals surface area (Å²) in [5, 5.41) is 2.83. The third kappa shape index (κ3) is 4.97. The highest BCUT2D eigenvalue weighted by Crippen LogP contribution is 2.30. The van der Waals surface area contributed by atoms with E-state index < -0.39 is 0 Å². The van der Waals surface area contributed by atoms with Crippen LogP contribution >= 0.6 is 0 Å². The summed E-state index contributed by atoms with van der Waals surface area (Å²) < 4.78 is 11.5. The van der Waals surface area contributed by atoms with Crippen LogP contribution in [0.25, 0.3) is 11.3 Å². The summed E-state index contributed by atoms with van der Waals surface area (Å²) in [5.74, 6) is 2.31. The Labute approximate surface area is 181 Å². The molecule has 0 atom stereocenters. The zero-order valence-electron chi connectivity index (χ0n) is 17.8. The Kier molecular flexibility index (Phi) is 6.07. The van der Waals surface area contributed by atoms with Crippen molar-refractivity contribution in [1.29, 1.82) is 0 Å². The average molecular weight is 418 g/mol. The van der Waals surface area contributed by atoms with E-state index in [1.165, 1.54) is 0 Å². The van der Waals surface area contributed by atoms with Crippen molar-refractivity contribution >= 4 is 17.5 Å². The van der Waals surface area contributed by atoms with Crippen molar-refractivity contribution in [2.24, 2.45) is 5.92 Å². The van der Waals surface area contributed by atoms with E-state index in [4.69, 9.17) is 9.15 Å². The monoisotopic (exact) mass is 418 g/mol. The summed E-state index contributed by atoms with van der Waals surface area (Å²) >= 11 is 0. The Bertz CT molecular complexity index is 1050. The maximum atomic E-state index is 12.3. The molecule has 3 aromatic rings. The number of hydrogen-bond acceptors (Lipinski definition) is 4. The molecule has 0 spiro atoms. The number of carbonyl (C=O) groups excluding carboxylic acids is 2. The third-order valence-corrected chi connectivity index (χ3v) is 5.24. The smallest absolute Gasteiger partial charge is 0.262 e. The van der Waals surface area contributed by atoms with Crippen molar-refractivity contribution < 1.29 is 18.7 Å². The lowest BCUT2D eigenvalue weighted by Crippen LogP contribution is -2.37. The van der Waals surface area contributed by atoms with E-state index in [1.807, 2.05) is 79.4 Å². The molecule has 0 saturated heterocycles. The first-order chi connectivity index (χ1) is 15.0. The minimum Gasteiger partial charge on any atom is -0.484 e. The lowest BCUT2D eigenvalue weighted by Gasteiger charge is -2.27. The van der Waals surface area contributed by atoms with Crippen molar-refractivity contribution in [3.63, 3.8) is 0 Å². The molecule has 1 aliphatic rings. The molecule has 6 heteroatoms. The van der Waals surface area contributed by atoms with E-state index in [2.05, 4.69) is 5.32 Å². The third-order valence-electron chi connectivity index (χ3n) is 5.24. The van der Waals surface area contributed by atoms with Crippen LogP contribution in [0.3, 0.4) is 0 Å². The zero-order valence-corrected chi connectivity index (χ0v) is 17.8. The molecule has 0 saturated carbocycles. The molecule has 6 nitrogen and oxygen atoms in total. The second kappa shape index (κ2) is 9.08. The van der Waals surface area contributed by atoms with Gasteiger partial charge in [-0.3, -0.25) is 9.59 Å². The van der Waals surface area contributed by atoms with Gasteiger partial charge in [0.05, 0.1) is 0 Å². The van der Waals surface area contributed by atoms with Gasteiger partial charge in [-0.2, -0.15) is 0 Å². The number of carbonyl (C=O) groups is 2. The number of nitrogens with one attached hydrogen (secondary N) is 1. The molecule has 1 aliphatic heterocycles. The van der Waals surface area contributed by atoms with Gasteiger partial charge in [-0.1, -0.05) is 32.0 Å². The molecule has 31 heavy (non-hydrogen) atoms. The van der Waals surface area contributed by atoms with Crippen LogP contribution in [0.1, 0.15) is 25.2 Å². The van der Waals surface area contributed by atoms with E-state index in [0.29, 0.717) is 24.5 Å². The van der Waals surface area contributed by atoms with E-state index in [9.17, 15) is 9.59 Å². The molecule has 0 radical (unpaired) electrons. The highest BCUT2D eigenvalue weighted by Gasteiger charge is 2.25. The van der Waals surface area contributed by atoms with Crippen molar-refractivity contribution in [2.75, 3.05) is 18.5 Å². The van der Waals surface area contributed by atoms with Gasteiger partial charge in [-0.15, -0.1) is 0 Å². The fraction of sp³-hybridized carbons (Fsp3) is 0.280. The Morgan fingerprint density at radius 2 is 1.84 bits per heavy atom. The lowest BCUT2D eigenvalue weighted by atomic mass is 10.1. The number of nitrogens with zero attached hydrogens (tertiary/aromatic N) is 1. The fourth-order valence-electron chi connectivity index (χ4n) is 3.61. The predicted molar refractivity (Wildman–Crippen MR) is 119 cm³/mol. The van der Waals surface area contributed by atoms with E-state index >= 15 is 0 Å². The Balaban J connectivity index is 1.37. The van der Waals surface area contributed by atoms with Gasteiger partial charge in [0.25, 0.3) is 5.91 Å². The Morgan fingerprint density at radius 3 is 2.55 bits per heavy atom. The topological polar surface area (TPSA) is 71.8 Å². The summed E-state index contributed by atoms with van der Waals surface area (Å²) in [5.41, 5.74) is 2.68. The maximum Gasteiger partial charge on any atom is 0.262 e. The van der Waals surface area contributed by atoms with Gasteiger partial charge in [0.1, 0.15) is 17.3 Å². The molecule has 0 fully saturated rings. The second-order valence-corrected chi connectivity index (χ2v) is 7.95. The van der Waals surface area contributed by atoms with Gasteiger partial charge >= 0.3 is 0 Å². The highest BCUT2D eigenvalue weighted by atomic mass is 16.5. The number of furan rings is 1. The Morgan fingerprint density at radius 1 is 1.10 bits per heavy atom. The van der Waals surface area contributed by atoms with Crippen LogP contribution in [-0.2, 0) is 22.6 Å². The van der Waals surface area contributed by atoms with Gasteiger partial charge in [-0.25, -0.2) is 0 Å². The van der Waals surface area contributed by atoms with Crippen molar-refractivity contribution in [1.82, 2.24) is 4.90 Å². The van der Waals surface area contributed by atoms with Gasteiger partial charge in [0.2, 0.25) is 5.91 Å². The maximum absolute atomic E-state index is 12.3. The van der Waals surface area contributed by atoms with Crippen molar-refractivity contribution in [3.8, 4) is 17.1 Å². The normalized spacial score (nSPS) is 13.1.